The molecule has 3 heterocycles. The Morgan fingerprint density at radius 3 is 2.44 bits per heavy atom. The van der Waals surface area contributed by atoms with Crippen LogP contribution >= 0.6 is 0 Å². The van der Waals surface area contributed by atoms with E-state index in [0.717, 1.165) is 66.2 Å². The van der Waals surface area contributed by atoms with Gasteiger partial charge in [0.1, 0.15) is 5.82 Å². The number of carbonyl (C=O) groups excluding carboxylic acids is 2. The highest BCUT2D eigenvalue weighted by Crippen LogP contribution is 2.28. The molecule has 0 aliphatic carbocycles. The predicted octanol–water partition coefficient (Wildman–Crippen LogP) is 5.87. The summed E-state index contributed by atoms with van der Waals surface area (Å²) in [6.45, 7) is 9.85. The van der Waals surface area contributed by atoms with Crippen molar-refractivity contribution < 1.29 is 9.59 Å². The molecule has 0 bridgehead atoms. The number of nitrogens with one attached hydrogen (secondary N) is 3. The van der Waals surface area contributed by atoms with Crippen molar-refractivity contribution in [2.24, 2.45) is 5.92 Å². The van der Waals surface area contributed by atoms with E-state index >= 15 is 0 Å². The second-order valence-corrected chi connectivity index (χ2v) is 11.9. The molecule has 0 unspecified atom stereocenters. The fourth-order valence-corrected chi connectivity index (χ4v) is 5.16. The molecular formula is C32H39N7O2. The number of nitrogens with zero attached hydrogens (tertiary/aromatic N) is 4. The van der Waals surface area contributed by atoms with Crippen LogP contribution in [0.2, 0.25) is 0 Å². The average molecular weight is 554 g/mol. The number of rotatable bonds is 7. The normalized spacial score (nSPS) is 14.2. The lowest BCUT2D eigenvalue weighted by Gasteiger charge is -2.32. The largest absolute Gasteiger partial charge is 0.348 e. The van der Waals surface area contributed by atoms with Crippen LogP contribution in [0.4, 0.5) is 16.3 Å². The summed E-state index contributed by atoms with van der Waals surface area (Å²) in [7, 11) is 0. The number of imidazole rings is 1. The number of piperidine rings is 1. The van der Waals surface area contributed by atoms with Crippen LogP contribution in [0.25, 0.3) is 5.69 Å². The highest BCUT2D eigenvalue weighted by Gasteiger charge is 2.25. The van der Waals surface area contributed by atoms with E-state index in [0.29, 0.717) is 18.2 Å². The number of para-hydroxylation sites is 1. The summed E-state index contributed by atoms with van der Waals surface area (Å²) in [6, 6.07) is 17.6. The minimum atomic E-state index is -0.314. The fourth-order valence-electron chi connectivity index (χ4n) is 5.16. The number of urea groups is 1. The number of amides is 3. The molecule has 1 saturated heterocycles. The SMILES string of the molecule is Cc1ccc(-n2nc(C(C)(C)C)cc2NC(=O)Nc2ccccc2CC2CCN(C(=O)Cc3cnc[nH]3)CC2)cc1. The summed E-state index contributed by atoms with van der Waals surface area (Å²) in [4.78, 5) is 34.9. The van der Waals surface area contributed by atoms with Crippen LogP contribution in [0.5, 0.6) is 0 Å². The molecule has 1 fully saturated rings. The molecule has 0 radical (unpaired) electrons. The standard InChI is InChI=1S/C32H39N7O2/c1-22-9-11-26(12-10-22)39-29(19-28(37-39)32(2,3)4)36-31(41)35-27-8-6-5-7-24(27)17-23-13-15-38(16-14-23)30(40)18-25-20-33-21-34-25/h5-12,19-21,23H,13-18H2,1-4H3,(H,33,34)(H2,35,36,41). The summed E-state index contributed by atoms with van der Waals surface area (Å²) < 4.78 is 1.78. The van der Waals surface area contributed by atoms with Gasteiger partial charge in [0.25, 0.3) is 0 Å². The molecule has 2 aromatic carbocycles. The van der Waals surface area contributed by atoms with E-state index in [1.807, 2.05) is 60.4 Å². The molecule has 2 aromatic heterocycles. The van der Waals surface area contributed by atoms with Crippen LogP contribution in [0, 0.1) is 12.8 Å². The zero-order chi connectivity index (χ0) is 29.0. The Labute approximate surface area is 241 Å². The van der Waals surface area contributed by atoms with Crippen molar-refractivity contribution in [2.45, 2.75) is 58.8 Å². The molecule has 9 heteroatoms. The van der Waals surface area contributed by atoms with E-state index in [1.54, 1.807) is 17.2 Å². The van der Waals surface area contributed by atoms with Crippen molar-refractivity contribution in [3.8, 4) is 5.69 Å². The number of H-pyrrole nitrogens is 1. The van der Waals surface area contributed by atoms with E-state index in [4.69, 9.17) is 5.10 Å². The van der Waals surface area contributed by atoms with Gasteiger partial charge < -0.3 is 15.2 Å². The molecule has 1 aliphatic heterocycles. The van der Waals surface area contributed by atoms with Gasteiger partial charge in [-0.15, -0.1) is 0 Å². The molecule has 0 atom stereocenters. The Hall–Kier alpha value is -4.40. The van der Waals surface area contributed by atoms with Crippen molar-refractivity contribution >= 4 is 23.4 Å². The molecule has 3 amide bonds. The highest BCUT2D eigenvalue weighted by atomic mass is 16.2. The van der Waals surface area contributed by atoms with Gasteiger partial charge in [-0.1, -0.05) is 56.7 Å². The molecular weight excluding hydrogens is 514 g/mol. The van der Waals surface area contributed by atoms with Crippen LogP contribution < -0.4 is 10.6 Å². The molecule has 0 saturated carbocycles. The number of carbonyl (C=O) groups is 2. The lowest BCUT2D eigenvalue weighted by Crippen LogP contribution is -2.39. The number of likely N-dealkylation sites (tertiary alicyclic amines) is 1. The van der Waals surface area contributed by atoms with Crippen LogP contribution in [0.1, 0.15) is 56.1 Å². The Bertz CT molecular complexity index is 1480. The van der Waals surface area contributed by atoms with E-state index in [1.165, 1.54) is 0 Å². The van der Waals surface area contributed by atoms with Crippen molar-refractivity contribution in [1.29, 1.82) is 0 Å². The topological polar surface area (TPSA) is 108 Å². The first-order valence-corrected chi connectivity index (χ1v) is 14.2. The van der Waals surface area contributed by atoms with E-state index in [9.17, 15) is 9.59 Å². The number of aromatic nitrogens is 4. The quantitative estimate of drug-likeness (QED) is 0.266. The number of hydrogen-bond acceptors (Lipinski definition) is 4. The van der Waals surface area contributed by atoms with Gasteiger partial charge in [0.15, 0.2) is 0 Å². The van der Waals surface area contributed by atoms with E-state index in [-0.39, 0.29) is 17.4 Å². The van der Waals surface area contributed by atoms with Gasteiger partial charge in [0, 0.05) is 42.1 Å². The smallest absolute Gasteiger partial charge is 0.324 e. The van der Waals surface area contributed by atoms with Crippen molar-refractivity contribution in [3.63, 3.8) is 0 Å². The number of benzene rings is 2. The summed E-state index contributed by atoms with van der Waals surface area (Å²) in [5.41, 5.74) is 5.49. The van der Waals surface area contributed by atoms with Crippen LogP contribution in [0.15, 0.2) is 67.1 Å². The van der Waals surface area contributed by atoms with Crippen LogP contribution in [-0.2, 0) is 23.1 Å². The zero-order valence-electron chi connectivity index (χ0n) is 24.3. The fraction of sp³-hybridized carbons (Fsp3) is 0.375. The molecule has 0 spiro atoms. The van der Waals surface area contributed by atoms with Gasteiger partial charge in [-0.2, -0.15) is 5.10 Å². The van der Waals surface area contributed by atoms with Gasteiger partial charge in [-0.25, -0.2) is 14.5 Å². The van der Waals surface area contributed by atoms with Gasteiger partial charge in [-0.3, -0.25) is 10.1 Å². The number of hydrogen-bond donors (Lipinski definition) is 3. The highest BCUT2D eigenvalue weighted by molar-refractivity contribution is 6.00. The van der Waals surface area contributed by atoms with E-state index < -0.39 is 0 Å². The van der Waals surface area contributed by atoms with Crippen LogP contribution in [-0.4, -0.2) is 49.7 Å². The zero-order valence-corrected chi connectivity index (χ0v) is 24.3. The van der Waals surface area contributed by atoms with Gasteiger partial charge in [0.05, 0.1) is 24.1 Å². The Balaban J connectivity index is 1.23. The molecule has 214 valence electrons. The molecule has 1 aliphatic rings. The second kappa shape index (κ2) is 12.0. The second-order valence-electron chi connectivity index (χ2n) is 11.9. The molecule has 3 N–H and O–H groups in total. The lowest BCUT2D eigenvalue weighted by atomic mass is 9.89. The first-order valence-electron chi connectivity index (χ1n) is 14.2. The van der Waals surface area contributed by atoms with Gasteiger partial charge >= 0.3 is 6.03 Å². The average Bonchev–Trinajstić information content (AvgIpc) is 3.61. The maximum absolute atomic E-state index is 13.3. The molecule has 4 aromatic rings. The number of aromatic amines is 1. The first kappa shape index (κ1) is 28.1. The number of aryl methyl sites for hydroxylation is 1. The minimum absolute atomic E-state index is 0.130. The Kier molecular flexibility index (Phi) is 8.23. The summed E-state index contributed by atoms with van der Waals surface area (Å²) >= 11 is 0. The van der Waals surface area contributed by atoms with Crippen molar-refractivity contribution in [2.75, 3.05) is 23.7 Å². The minimum Gasteiger partial charge on any atom is -0.348 e. The molecule has 9 nitrogen and oxygen atoms in total. The lowest BCUT2D eigenvalue weighted by molar-refractivity contribution is -0.131. The van der Waals surface area contributed by atoms with Crippen molar-refractivity contribution in [3.05, 3.63) is 89.6 Å². The summed E-state index contributed by atoms with van der Waals surface area (Å²) in [6.07, 6.45) is 6.36. The summed E-state index contributed by atoms with van der Waals surface area (Å²) in [5.74, 6) is 1.18. The molecule has 5 rings (SSSR count). The molecule has 41 heavy (non-hydrogen) atoms. The maximum Gasteiger partial charge on any atom is 0.324 e. The first-order chi connectivity index (χ1) is 19.7. The van der Waals surface area contributed by atoms with Gasteiger partial charge in [-0.05, 0) is 55.9 Å². The van der Waals surface area contributed by atoms with E-state index in [2.05, 4.69) is 47.4 Å². The Morgan fingerprint density at radius 2 is 1.76 bits per heavy atom. The Morgan fingerprint density at radius 1 is 1.02 bits per heavy atom. The third-order valence-corrected chi connectivity index (χ3v) is 7.64. The predicted molar refractivity (Wildman–Crippen MR) is 161 cm³/mol. The van der Waals surface area contributed by atoms with Crippen LogP contribution in [0.3, 0.4) is 0 Å². The third-order valence-electron chi connectivity index (χ3n) is 7.64. The summed E-state index contributed by atoms with van der Waals surface area (Å²) in [5, 5.41) is 10.9. The number of anilines is 2. The van der Waals surface area contributed by atoms with Crippen molar-refractivity contribution in [1.82, 2.24) is 24.6 Å². The van der Waals surface area contributed by atoms with Gasteiger partial charge in [0.2, 0.25) is 5.91 Å². The maximum atomic E-state index is 13.3. The third kappa shape index (κ3) is 7.03. The monoisotopic (exact) mass is 553 g/mol.